The van der Waals surface area contributed by atoms with Crippen molar-refractivity contribution in [2.24, 2.45) is 0 Å². The summed E-state index contributed by atoms with van der Waals surface area (Å²) >= 11 is 0. The van der Waals surface area contributed by atoms with E-state index in [0.717, 1.165) is 24.1 Å². The molecule has 0 bridgehead atoms. The first kappa shape index (κ1) is 17.9. The minimum Gasteiger partial charge on any atom is -0.465 e. The average Bonchev–Trinajstić information content (AvgIpc) is 2.64. The predicted molar refractivity (Wildman–Crippen MR) is 84.8 cm³/mol. The molecule has 0 fully saturated rings. The first-order valence-corrected chi connectivity index (χ1v) is 8.56. The molecule has 0 radical (unpaired) electrons. The molecule has 1 heterocycles. The molecule has 6 heteroatoms. The molecule has 0 amide bonds. The van der Waals surface area contributed by atoms with E-state index < -0.39 is 10.0 Å². The van der Waals surface area contributed by atoms with Crippen LogP contribution in [0.15, 0.2) is 21.5 Å². The lowest BCUT2D eigenvalue weighted by Gasteiger charge is -2.18. The zero-order valence-corrected chi connectivity index (χ0v) is 14.4. The molecule has 0 aliphatic heterocycles. The topological polar surface area (TPSA) is 62.6 Å². The van der Waals surface area contributed by atoms with Gasteiger partial charge in [-0.05, 0) is 33.7 Å². The van der Waals surface area contributed by atoms with Crippen LogP contribution in [0.4, 0.5) is 0 Å². The summed E-state index contributed by atoms with van der Waals surface area (Å²) in [6.45, 7) is 12.8. The van der Waals surface area contributed by atoms with Crippen molar-refractivity contribution in [2.75, 3.05) is 20.1 Å². The molecule has 0 aliphatic carbocycles. The first-order valence-electron chi connectivity index (χ1n) is 7.12. The fourth-order valence-electron chi connectivity index (χ4n) is 2.26. The van der Waals surface area contributed by atoms with Crippen molar-refractivity contribution in [1.82, 2.24) is 9.62 Å². The standard InChI is InChI=1S/C15H26N2O3S/c1-7-8-16-9-14-12(4)20-13(5)15(14)21(18,19)17(6)10-11(2)3/h16H,2,7-10H2,1,3-6H3. The van der Waals surface area contributed by atoms with Crippen LogP contribution in [0, 0.1) is 13.8 Å². The molecule has 0 saturated heterocycles. The minimum atomic E-state index is -3.57. The molecule has 1 aromatic rings. The van der Waals surface area contributed by atoms with Gasteiger partial charge in [0.25, 0.3) is 0 Å². The van der Waals surface area contributed by atoms with Crippen LogP contribution in [-0.4, -0.2) is 32.9 Å². The summed E-state index contributed by atoms with van der Waals surface area (Å²) < 4.78 is 32.4. The monoisotopic (exact) mass is 314 g/mol. The summed E-state index contributed by atoms with van der Waals surface area (Å²) in [7, 11) is -2.01. The van der Waals surface area contributed by atoms with Crippen molar-refractivity contribution in [2.45, 2.75) is 45.6 Å². The number of nitrogens with zero attached hydrogens (tertiary/aromatic N) is 1. The van der Waals surface area contributed by atoms with Gasteiger partial charge in [-0.3, -0.25) is 0 Å². The smallest absolute Gasteiger partial charge is 0.246 e. The molecule has 0 aliphatic rings. The van der Waals surface area contributed by atoms with Gasteiger partial charge in [0.15, 0.2) is 0 Å². The average molecular weight is 314 g/mol. The number of likely N-dealkylation sites (N-methyl/N-ethyl adjacent to an activating group) is 1. The molecular formula is C15H26N2O3S. The second-order valence-corrected chi connectivity index (χ2v) is 7.40. The van der Waals surface area contributed by atoms with E-state index in [2.05, 4.69) is 18.8 Å². The number of aryl methyl sites for hydroxylation is 2. The van der Waals surface area contributed by atoms with E-state index >= 15 is 0 Å². The Bertz CT molecular complexity index is 603. The van der Waals surface area contributed by atoms with Crippen molar-refractivity contribution in [1.29, 1.82) is 0 Å². The van der Waals surface area contributed by atoms with Crippen LogP contribution < -0.4 is 5.32 Å². The summed E-state index contributed by atoms with van der Waals surface area (Å²) in [6.07, 6.45) is 0.994. The van der Waals surface area contributed by atoms with Crippen molar-refractivity contribution in [3.8, 4) is 0 Å². The van der Waals surface area contributed by atoms with E-state index in [-0.39, 0.29) is 4.90 Å². The van der Waals surface area contributed by atoms with Gasteiger partial charge in [-0.1, -0.05) is 19.1 Å². The van der Waals surface area contributed by atoms with Gasteiger partial charge in [0, 0.05) is 25.7 Å². The predicted octanol–water partition coefficient (Wildman–Crippen LogP) is 2.59. The molecule has 0 saturated carbocycles. The largest absolute Gasteiger partial charge is 0.465 e. The highest BCUT2D eigenvalue weighted by Gasteiger charge is 2.30. The maximum atomic E-state index is 12.8. The number of furan rings is 1. The first-order chi connectivity index (χ1) is 9.71. The van der Waals surface area contributed by atoms with Crippen LogP contribution >= 0.6 is 0 Å². The second kappa shape index (κ2) is 7.24. The quantitative estimate of drug-likeness (QED) is 0.592. The minimum absolute atomic E-state index is 0.285. The van der Waals surface area contributed by atoms with Gasteiger partial charge in [-0.25, -0.2) is 8.42 Å². The number of nitrogens with one attached hydrogen (secondary N) is 1. The summed E-state index contributed by atoms with van der Waals surface area (Å²) in [5, 5.41) is 3.24. The molecule has 0 unspecified atom stereocenters. The van der Waals surface area contributed by atoms with Gasteiger partial charge in [0.2, 0.25) is 10.0 Å². The Hall–Kier alpha value is -1.11. The third kappa shape index (κ3) is 4.18. The summed E-state index contributed by atoms with van der Waals surface area (Å²) in [5.74, 6) is 1.09. The third-order valence-corrected chi connectivity index (χ3v) is 5.21. The van der Waals surface area contributed by atoms with E-state index in [1.165, 1.54) is 4.31 Å². The van der Waals surface area contributed by atoms with Gasteiger partial charge in [-0.15, -0.1) is 0 Å². The van der Waals surface area contributed by atoms with Gasteiger partial charge < -0.3 is 9.73 Å². The van der Waals surface area contributed by atoms with Gasteiger partial charge >= 0.3 is 0 Å². The van der Waals surface area contributed by atoms with Crippen molar-refractivity contribution in [3.63, 3.8) is 0 Å². The lowest BCUT2D eigenvalue weighted by Crippen LogP contribution is -2.30. The molecule has 5 nitrogen and oxygen atoms in total. The Labute approximate surface area is 128 Å². The molecule has 21 heavy (non-hydrogen) atoms. The van der Waals surface area contributed by atoms with Crippen molar-refractivity contribution < 1.29 is 12.8 Å². The lowest BCUT2D eigenvalue weighted by atomic mass is 10.2. The molecule has 0 atom stereocenters. The number of sulfonamides is 1. The highest BCUT2D eigenvalue weighted by atomic mass is 32.2. The highest BCUT2D eigenvalue weighted by molar-refractivity contribution is 7.89. The maximum absolute atomic E-state index is 12.8. The Kier molecular flexibility index (Phi) is 6.19. The number of hydrogen-bond acceptors (Lipinski definition) is 4. The molecule has 1 aromatic heterocycles. The molecular weight excluding hydrogens is 288 g/mol. The van der Waals surface area contributed by atoms with E-state index in [4.69, 9.17) is 4.42 Å². The van der Waals surface area contributed by atoms with E-state index in [1.807, 2.05) is 6.92 Å². The SMILES string of the molecule is C=C(C)CN(C)S(=O)(=O)c1c(C)oc(C)c1CNCCC. The Morgan fingerprint density at radius 1 is 1.33 bits per heavy atom. The molecule has 1 N–H and O–H groups in total. The van der Waals surface area contributed by atoms with Crippen LogP contribution in [0.1, 0.15) is 37.4 Å². The second-order valence-electron chi connectivity index (χ2n) is 5.42. The molecule has 0 aromatic carbocycles. The third-order valence-electron chi connectivity index (χ3n) is 3.21. The summed E-state index contributed by atoms with van der Waals surface area (Å²) in [6, 6.07) is 0. The molecule has 0 spiro atoms. The number of rotatable bonds is 8. The maximum Gasteiger partial charge on any atom is 0.246 e. The summed E-state index contributed by atoms with van der Waals surface area (Å²) in [4.78, 5) is 0.285. The van der Waals surface area contributed by atoms with Crippen molar-refractivity contribution >= 4 is 10.0 Å². The fourth-order valence-corrected chi connectivity index (χ4v) is 3.90. The van der Waals surface area contributed by atoms with E-state index in [9.17, 15) is 8.42 Å². The normalized spacial score (nSPS) is 12.1. The van der Waals surface area contributed by atoms with E-state index in [0.29, 0.717) is 24.6 Å². The van der Waals surface area contributed by atoms with Crippen LogP contribution in [0.3, 0.4) is 0 Å². The van der Waals surface area contributed by atoms with Gasteiger partial charge in [-0.2, -0.15) is 4.31 Å². The fraction of sp³-hybridized carbons (Fsp3) is 0.600. The summed E-state index contributed by atoms with van der Waals surface area (Å²) in [5.41, 5.74) is 1.51. The van der Waals surface area contributed by atoms with Crippen LogP contribution in [0.25, 0.3) is 0 Å². The highest BCUT2D eigenvalue weighted by Crippen LogP contribution is 2.29. The Morgan fingerprint density at radius 3 is 2.48 bits per heavy atom. The van der Waals surface area contributed by atoms with E-state index in [1.54, 1.807) is 20.9 Å². The van der Waals surface area contributed by atoms with Crippen LogP contribution in [0.2, 0.25) is 0 Å². The number of hydrogen-bond donors (Lipinski definition) is 1. The Balaban J connectivity index is 3.18. The zero-order chi connectivity index (χ0) is 16.2. The Morgan fingerprint density at radius 2 is 1.95 bits per heavy atom. The lowest BCUT2D eigenvalue weighted by molar-refractivity contribution is 0.478. The molecule has 120 valence electrons. The zero-order valence-electron chi connectivity index (χ0n) is 13.6. The van der Waals surface area contributed by atoms with Gasteiger partial charge in [0.05, 0.1) is 0 Å². The van der Waals surface area contributed by atoms with Crippen LogP contribution in [-0.2, 0) is 16.6 Å². The van der Waals surface area contributed by atoms with Crippen molar-refractivity contribution in [3.05, 3.63) is 29.2 Å². The van der Waals surface area contributed by atoms with Crippen LogP contribution in [0.5, 0.6) is 0 Å². The van der Waals surface area contributed by atoms with Gasteiger partial charge in [0.1, 0.15) is 16.4 Å². The molecule has 1 rings (SSSR count).